The second-order valence-electron chi connectivity index (χ2n) is 7.13. The Hall–Kier alpha value is -1.30. The van der Waals surface area contributed by atoms with Crippen LogP contribution in [0.3, 0.4) is 0 Å². The summed E-state index contributed by atoms with van der Waals surface area (Å²) >= 11 is 12.0. The Balaban J connectivity index is 1.51. The molecule has 5 nitrogen and oxygen atoms in total. The first-order valence-electron chi connectivity index (χ1n) is 9.24. The lowest BCUT2D eigenvalue weighted by Gasteiger charge is -2.36. The zero-order valence-corrected chi connectivity index (χ0v) is 16.5. The highest BCUT2D eigenvalue weighted by Gasteiger charge is 2.32. The molecule has 2 amide bonds. The lowest BCUT2D eigenvalue weighted by Crippen LogP contribution is -2.48. The van der Waals surface area contributed by atoms with E-state index >= 15 is 0 Å². The van der Waals surface area contributed by atoms with Gasteiger partial charge in [0.05, 0.1) is 16.8 Å². The van der Waals surface area contributed by atoms with Gasteiger partial charge < -0.3 is 10.2 Å². The predicted molar refractivity (Wildman–Crippen MR) is 105 cm³/mol. The molecule has 1 N–H and O–H groups in total. The van der Waals surface area contributed by atoms with Crippen LogP contribution in [0, 0.1) is 5.92 Å². The van der Waals surface area contributed by atoms with Crippen molar-refractivity contribution in [2.45, 2.75) is 38.6 Å². The Bertz CT molecular complexity index is 669. The third-order valence-corrected chi connectivity index (χ3v) is 5.96. The van der Waals surface area contributed by atoms with E-state index < -0.39 is 0 Å². The lowest BCUT2D eigenvalue weighted by molar-refractivity contribution is -0.136. The third-order valence-electron chi connectivity index (χ3n) is 5.41. The van der Waals surface area contributed by atoms with E-state index in [1.807, 2.05) is 11.8 Å². The van der Waals surface area contributed by atoms with E-state index in [9.17, 15) is 9.59 Å². The van der Waals surface area contributed by atoms with Crippen molar-refractivity contribution in [2.24, 2.45) is 5.92 Å². The zero-order valence-electron chi connectivity index (χ0n) is 15.0. The van der Waals surface area contributed by atoms with Crippen LogP contribution in [-0.2, 0) is 9.59 Å². The number of halogens is 2. The van der Waals surface area contributed by atoms with Gasteiger partial charge in [-0.1, -0.05) is 23.2 Å². The van der Waals surface area contributed by atoms with Gasteiger partial charge in [-0.2, -0.15) is 0 Å². The van der Waals surface area contributed by atoms with Gasteiger partial charge in [-0.3, -0.25) is 14.5 Å². The van der Waals surface area contributed by atoms with Crippen LogP contribution in [0.1, 0.15) is 32.6 Å². The number of anilines is 1. The minimum absolute atomic E-state index is 0.0986. The summed E-state index contributed by atoms with van der Waals surface area (Å²) in [5.41, 5.74) is 0.562. The minimum atomic E-state index is -0.274. The SMILES string of the molecule is C[C@@H](C(=O)Nc1ccc(Cl)cc1Cl)N1CCC(C(=O)N2CCCC2)CC1. The summed E-state index contributed by atoms with van der Waals surface area (Å²) in [5.74, 6) is 0.302. The van der Waals surface area contributed by atoms with Crippen molar-refractivity contribution >= 4 is 40.7 Å². The van der Waals surface area contributed by atoms with E-state index in [0.29, 0.717) is 21.6 Å². The number of piperidine rings is 1. The van der Waals surface area contributed by atoms with Crippen LogP contribution in [-0.4, -0.2) is 53.8 Å². The van der Waals surface area contributed by atoms with Crippen molar-refractivity contribution in [1.29, 1.82) is 0 Å². The molecular weight excluding hydrogens is 373 g/mol. The van der Waals surface area contributed by atoms with E-state index in [-0.39, 0.29) is 17.9 Å². The average molecular weight is 398 g/mol. The fraction of sp³-hybridized carbons (Fsp3) is 0.579. The van der Waals surface area contributed by atoms with Crippen LogP contribution >= 0.6 is 23.2 Å². The summed E-state index contributed by atoms with van der Waals surface area (Å²) < 4.78 is 0. The van der Waals surface area contributed by atoms with Crippen LogP contribution in [0.2, 0.25) is 10.0 Å². The molecule has 1 aromatic rings. The van der Waals surface area contributed by atoms with Gasteiger partial charge in [0.25, 0.3) is 0 Å². The van der Waals surface area contributed by atoms with Crippen LogP contribution < -0.4 is 5.32 Å². The van der Waals surface area contributed by atoms with Crippen molar-refractivity contribution in [1.82, 2.24) is 9.80 Å². The normalized spacial score (nSPS) is 20.2. The molecular formula is C19H25Cl2N3O2. The number of rotatable bonds is 4. The van der Waals surface area contributed by atoms with E-state index in [0.717, 1.165) is 51.9 Å². The molecule has 0 bridgehead atoms. The van der Waals surface area contributed by atoms with Crippen molar-refractivity contribution in [2.75, 3.05) is 31.5 Å². The number of benzene rings is 1. The summed E-state index contributed by atoms with van der Waals surface area (Å²) in [5, 5.41) is 3.82. The van der Waals surface area contributed by atoms with Gasteiger partial charge in [0.1, 0.15) is 0 Å². The summed E-state index contributed by atoms with van der Waals surface area (Å²) in [6, 6.07) is 4.74. The standard InChI is InChI=1S/C19H25Cl2N3O2/c1-13(18(25)22-17-5-4-15(20)12-16(17)21)23-10-6-14(7-11-23)19(26)24-8-2-3-9-24/h4-5,12-14H,2-3,6-11H2,1H3,(H,22,25)/t13-/m0/s1. The van der Waals surface area contributed by atoms with Crippen LogP contribution in [0.5, 0.6) is 0 Å². The monoisotopic (exact) mass is 397 g/mol. The van der Waals surface area contributed by atoms with Gasteiger partial charge in [0, 0.05) is 24.0 Å². The predicted octanol–water partition coefficient (Wildman–Crippen LogP) is 3.65. The number of carbonyl (C=O) groups excluding carboxylic acids is 2. The molecule has 3 rings (SSSR count). The van der Waals surface area contributed by atoms with Crippen molar-refractivity contribution in [3.8, 4) is 0 Å². The zero-order chi connectivity index (χ0) is 18.7. The molecule has 1 aromatic carbocycles. The summed E-state index contributed by atoms with van der Waals surface area (Å²) in [6.45, 7) is 5.21. The van der Waals surface area contributed by atoms with Crippen molar-refractivity contribution in [3.63, 3.8) is 0 Å². The number of carbonyl (C=O) groups is 2. The first-order valence-corrected chi connectivity index (χ1v) is 10.00. The van der Waals surface area contributed by atoms with Crippen LogP contribution in [0.15, 0.2) is 18.2 Å². The molecule has 2 fully saturated rings. The summed E-state index contributed by atoms with van der Waals surface area (Å²) in [7, 11) is 0. The molecule has 2 saturated heterocycles. The number of hydrogen-bond acceptors (Lipinski definition) is 3. The molecule has 26 heavy (non-hydrogen) atoms. The third kappa shape index (κ3) is 4.51. The van der Waals surface area contributed by atoms with Crippen LogP contribution in [0.4, 0.5) is 5.69 Å². The van der Waals surface area contributed by atoms with Gasteiger partial charge in [-0.05, 0) is 63.9 Å². The summed E-state index contributed by atoms with van der Waals surface area (Å²) in [6.07, 6.45) is 3.87. The highest BCUT2D eigenvalue weighted by Crippen LogP contribution is 2.27. The van der Waals surface area contributed by atoms with Crippen LogP contribution in [0.25, 0.3) is 0 Å². The van der Waals surface area contributed by atoms with E-state index in [1.165, 1.54) is 0 Å². The Labute approximate surface area is 164 Å². The largest absolute Gasteiger partial charge is 0.342 e. The van der Waals surface area contributed by atoms with E-state index in [1.54, 1.807) is 18.2 Å². The van der Waals surface area contributed by atoms with E-state index in [2.05, 4.69) is 10.2 Å². The topological polar surface area (TPSA) is 52.7 Å². The molecule has 0 aliphatic carbocycles. The smallest absolute Gasteiger partial charge is 0.241 e. The number of nitrogens with zero attached hydrogens (tertiary/aromatic N) is 2. The highest BCUT2D eigenvalue weighted by atomic mass is 35.5. The Morgan fingerprint density at radius 1 is 1.12 bits per heavy atom. The van der Waals surface area contributed by atoms with Gasteiger partial charge in [0.2, 0.25) is 11.8 Å². The molecule has 0 aromatic heterocycles. The Kier molecular flexibility index (Phi) is 6.43. The van der Waals surface area contributed by atoms with Crippen molar-refractivity contribution in [3.05, 3.63) is 28.2 Å². The summed E-state index contributed by atoms with van der Waals surface area (Å²) in [4.78, 5) is 29.2. The maximum Gasteiger partial charge on any atom is 0.241 e. The molecule has 0 saturated carbocycles. The number of nitrogens with one attached hydrogen (secondary N) is 1. The molecule has 0 radical (unpaired) electrons. The molecule has 7 heteroatoms. The molecule has 142 valence electrons. The van der Waals surface area contributed by atoms with E-state index in [4.69, 9.17) is 23.2 Å². The second kappa shape index (κ2) is 8.59. The molecule has 0 spiro atoms. The van der Waals surface area contributed by atoms with Gasteiger partial charge in [-0.15, -0.1) is 0 Å². The van der Waals surface area contributed by atoms with Gasteiger partial charge >= 0.3 is 0 Å². The Morgan fingerprint density at radius 2 is 1.77 bits per heavy atom. The fourth-order valence-corrected chi connectivity index (χ4v) is 4.18. The quantitative estimate of drug-likeness (QED) is 0.843. The Morgan fingerprint density at radius 3 is 2.38 bits per heavy atom. The molecule has 2 aliphatic heterocycles. The number of likely N-dealkylation sites (tertiary alicyclic amines) is 2. The van der Waals surface area contributed by atoms with Gasteiger partial charge in [0.15, 0.2) is 0 Å². The molecule has 2 aliphatic rings. The maximum atomic E-state index is 12.6. The maximum absolute atomic E-state index is 12.6. The molecule has 0 unspecified atom stereocenters. The number of amides is 2. The number of hydrogen-bond donors (Lipinski definition) is 1. The highest BCUT2D eigenvalue weighted by molar-refractivity contribution is 6.36. The van der Waals surface area contributed by atoms with Crippen molar-refractivity contribution < 1.29 is 9.59 Å². The first kappa shape index (κ1) is 19.5. The molecule has 1 atom stereocenters. The van der Waals surface area contributed by atoms with Gasteiger partial charge in [-0.25, -0.2) is 0 Å². The first-order chi connectivity index (χ1) is 12.5. The second-order valence-corrected chi connectivity index (χ2v) is 7.98. The lowest BCUT2D eigenvalue weighted by atomic mass is 9.94. The molecule has 2 heterocycles. The average Bonchev–Trinajstić information content (AvgIpc) is 3.17. The fourth-order valence-electron chi connectivity index (χ4n) is 3.72. The minimum Gasteiger partial charge on any atom is -0.342 e.